The topological polar surface area (TPSA) is 35.5 Å². The van der Waals surface area contributed by atoms with Crippen molar-refractivity contribution in [2.24, 2.45) is 0 Å². The summed E-state index contributed by atoms with van der Waals surface area (Å²) in [5, 5.41) is 0. The summed E-state index contributed by atoms with van der Waals surface area (Å²) in [7, 11) is 1.40. The Labute approximate surface area is 131 Å². The van der Waals surface area contributed by atoms with Gasteiger partial charge in [0.15, 0.2) is 0 Å². The lowest BCUT2D eigenvalue weighted by molar-refractivity contribution is -0.142. The fourth-order valence-electron chi connectivity index (χ4n) is 2.21. The molecule has 2 rings (SSSR count). The van der Waals surface area contributed by atoms with E-state index in [2.05, 4.69) is 6.58 Å². The van der Waals surface area contributed by atoms with Crippen molar-refractivity contribution in [2.75, 3.05) is 7.11 Å². The van der Waals surface area contributed by atoms with Crippen LogP contribution in [0.15, 0.2) is 67.3 Å². The molecule has 3 nitrogen and oxygen atoms in total. The molecule has 1 unspecified atom stereocenters. The molecule has 0 saturated heterocycles. The molecule has 1 atom stereocenters. The molecule has 0 amide bonds. The zero-order valence-electron chi connectivity index (χ0n) is 12.7. The molecule has 22 heavy (non-hydrogen) atoms. The van der Waals surface area contributed by atoms with E-state index in [9.17, 15) is 4.79 Å². The van der Waals surface area contributed by atoms with Crippen LogP contribution in [0.4, 0.5) is 0 Å². The number of carbonyl (C=O) groups is 1. The maximum absolute atomic E-state index is 11.8. The molecular weight excluding hydrogens is 276 g/mol. The molecule has 0 bridgehead atoms. The van der Waals surface area contributed by atoms with Crippen LogP contribution in [0.5, 0.6) is 5.75 Å². The molecule has 0 aliphatic heterocycles. The van der Waals surface area contributed by atoms with Crippen LogP contribution in [0.1, 0.15) is 23.5 Å². The first-order valence-corrected chi connectivity index (χ1v) is 7.20. The van der Waals surface area contributed by atoms with E-state index in [-0.39, 0.29) is 11.9 Å². The van der Waals surface area contributed by atoms with Crippen molar-refractivity contribution < 1.29 is 14.3 Å². The van der Waals surface area contributed by atoms with E-state index in [0.29, 0.717) is 13.0 Å². The van der Waals surface area contributed by atoms with E-state index < -0.39 is 0 Å². The van der Waals surface area contributed by atoms with E-state index in [1.54, 1.807) is 6.08 Å². The number of hydrogen-bond acceptors (Lipinski definition) is 3. The average Bonchev–Trinajstić information content (AvgIpc) is 2.59. The van der Waals surface area contributed by atoms with Gasteiger partial charge in [0.05, 0.1) is 13.0 Å². The zero-order valence-corrected chi connectivity index (χ0v) is 12.7. The minimum Gasteiger partial charge on any atom is -0.489 e. The van der Waals surface area contributed by atoms with Gasteiger partial charge in [-0.1, -0.05) is 48.5 Å². The van der Waals surface area contributed by atoms with Crippen LogP contribution in [-0.2, 0) is 16.1 Å². The Morgan fingerprint density at radius 3 is 2.41 bits per heavy atom. The molecule has 0 aliphatic carbocycles. The van der Waals surface area contributed by atoms with Crippen LogP contribution in [0, 0.1) is 0 Å². The highest BCUT2D eigenvalue weighted by Gasteiger charge is 2.19. The third kappa shape index (κ3) is 4.22. The van der Waals surface area contributed by atoms with Crippen LogP contribution in [0.3, 0.4) is 0 Å². The van der Waals surface area contributed by atoms with Crippen LogP contribution in [0.25, 0.3) is 0 Å². The molecule has 0 saturated carbocycles. The lowest BCUT2D eigenvalue weighted by atomic mass is 9.96. The molecule has 0 aliphatic rings. The maximum atomic E-state index is 11.8. The number of carbonyl (C=O) groups excluding carboxylic acids is 1. The maximum Gasteiger partial charge on any atom is 0.313 e. The third-order valence-corrected chi connectivity index (χ3v) is 3.42. The molecule has 2 aromatic rings. The summed E-state index contributed by atoms with van der Waals surface area (Å²) in [6.45, 7) is 4.21. The summed E-state index contributed by atoms with van der Waals surface area (Å²) in [6.07, 6.45) is 2.28. The highest BCUT2D eigenvalue weighted by molar-refractivity contribution is 5.78. The van der Waals surface area contributed by atoms with Gasteiger partial charge in [-0.2, -0.15) is 0 Å². The van der Waals surface area contributed by atoms with Crippen molar-refractivity contribution in [3.05, 3.63) is 78.4 Å². The largest absolute Gasteiger partial charge is 0.489 e. The lowest BCUT2D eigenvalue weighted by Gasteiger charge is -2.14. The second-order valence-electron chi connectivity index (χ2n) is 4.94. The average molecular weight is 296 g/mol. The molecule has 0 heterocycles. The molecular formula is C19H20O3. The van der Waals surface area contributed by atoms with Crippen LogP contribution < -0.4 is 4.74 Å². The highest BCUT2D eigenvalue weighted by atomic mass is 16.5. The van der Waals surface area contributed by atoms with Crippen molar-refractivity contribution in [3.8, 4) is 5.75 Å². The molecule has 0 radical (unpaired) electrons. The van der Waals surface area contributed by atoms with Crippen LogP contribution >= 0.6 is 0 Å². The first kappa shape index (κ1) is 15.8. The van der Waals surface area contributed by atoms with E-state index in [0.717, 1.165) is 16.9 Å². The van der Waals surface area contributed by atoms with Crippen molar-refractivity contribution >= 4 is 5.97 Å². The molecule has 3 heteroatoms. The van der Waals surface area contributed by atoms with Crippen molar-refractivity contribution in [1.82, 2.24) is 0 Å². The summed E-state index contributed by atoms with van der Waals surface area (Å²) in [4.78, 5) is 11.8. The molecule has 114 valence electrons. The number of methoxy groups -OCH3 is 1. The molecule has 0 fully saturated rings. The standard InChI is InChI=1S/C19H20O3/c1-3-7-18(19(20)21-2)16-10-12-17(13-11-16)22-14-15-8-5-4-6-9-15/h3-6,8-13,18H,1,7,14H2,2H3. The molecule has 0 N–H and O–H groups in total. The minimum atomic E-state index is -0.314. The first-order chi connectivity index (χ1) is 10.7. The number of hydrogen-bond donors (Lipinski definition) is 0. The summed E-state index contributed by atoms with van der Waals surface area (Å²) < 4.78 is 10.6. The van der Waals surface area contributed by atoms with Gasteiger partial charge in [0, 0.05) is 0 Å². The Morgan fingerprint density at radius 1 is 1.14 bits per heavy atom. The van der Waals surface area contributed by atoms with E-state index in [1.165, 1.54) is 7.11 Å². The van der Waals surface area contributed by atoms with Crippen LogP contribution in [-0.4, -0.2) is 13.1 Å². The van der Waals surface area contributed by atoms with E-state index in [4.69, 9.17) is 9.47 Å². The normalized spacial score (nSPS) is 11.5. The van der Waals surface area contributed by atoms with Gasteiger partial charge in [0.25, 0.3) is 0 Å². The second-order valence-corrected chi connectivity index (χ2v) is 4.94. The molecule has 2 aromatic carbocycles. The number of ether oxygens (including phenoxy) is 2. The highest BCUT2D eigenvalue weighted by Crippen LogP contribution is 2.24. The van der Waals surface area contributed by atoms with Gasteiger partial charge < -0.3 is 9.47 Å². The number of benzene rings is 2. The number of esters is 1. The van der Waals surface area contributed by atoms with E-state index >= 15 is 0 Å². The van der Waals surface area contributed by atoms with Gasteiger partial charge in [0.1, 0.15) is 12.4 Å². The second kappa shape index (κ2) is 8.03. The van der Waals surface area contributed by atoms with Gasteiger partial charge >= 0.3 is 5.97 Å². The lowest BCUT2D eigenvalue weighted by Crippen LogP contribution is -2.13. The van der Waals surface area contributed by atoms with E-state index in [1.807, 2.05) is 54.6 Å². The zero-order chi connectivity index (χ0) is 15.8. The Balaban J connectivity index is 2.02. The van der Waals surface area contributed by atoms with Gasteiger partial charge in [-0.3, -0.25) is 4.79 Å². The third-order valence-electron chi connectivity index (χ3n) is 3.42. The first-order valence-electron chi connectivity index (χ1n) is 7.20. The summed E-state index contributed by atoms with van der Waals surface area (Å²) >= 11 is 0. The van der Waals surface area contributed by atoms with Gasteiger partial charge in [-0.25, -0.2) is 0 Å². The minimum absolute atomic E-state index is 0.252. The Hall–Kier alpha value is -2.55. The SMILES string of the molecule is C=CCC(C(=O)OC)c1ccc(OCc2ccccc2)cc1. The van der Waals surface area contributed by atoms with Crippen molar-refractivity contribution in [2.45, 2.75) is 18.9 Å². The van der Waals surface area contributed by atoms with Gasteiger partial charge in [0.2, 0.25) is 0 Å². The monoisotopic (exact) mass is 296 g/mol. The summed E-state index contributed by atoms with van der Waals surface area (Å²) in [6, 6.07) is 17.5. The summed E-state index contributed by atoms with van der Waals surface area (Å²) in [5.74, 6) is 0.207. The fraction of sp³-hybridized carbons (Fsp3) is 0.211. The Bertz CT molecular complexity index is 602. The van der Waals surface area contributed by atoms with Crippen molar-refractivity contribution in [3.63, 3.8) is 0 Å². The number of rotatable bonds is 7. The molecule has 0 aromatic heterocycles. The predicted octanol–water partition coefficient (Wildman–Crippen LogP) is 4.10. The van der Waals surface area contributed by atoms with Crippen molar-refractivity contribution in [1.29, 1.82) is 0 Å². The fourth-order valence-corrected chi connectivity index (χ4v) is 2.21. The Morgan fingerprint density at radius 2 is 1.82 bits per heavy atom. The Kier molecular flexibility index (Phi) is 5.78. The van der Waals surface area contributed by atoms with Gasteiger partial charge in [-0.15, -0.1) is 6.58 Å². The number of allylic oxidation sites excluding steroid dienone is 1. The van der Waals surface area contributed by atoms with Crippen LogP contribution in [0.2, 0.25) is 0 Å². The predicted molar refractivity (Wildman–Crippen MR) is 86.8 cm³/mol. The summed E-state index contributed by atoms with van der Waals surface area (Å²) in [5.41, 5.74) is 2.02. The smallest absolute Gasteiger partial charge is 0.313 e. The molecule has 0 spiro atoms. The quantitative estimate of drug-likeness (QED) is 0.570. The van der Waals surface area contributed by atoms with Gasteiger partial charge in [-0.05, 0) is 29.7 Å².